The fourth-order valence-electron chi connectivity index (χ4n) is 2.92. The van der Waals surface area contributed by atoms with E-state index in [1.807, 2.05) is 41.0 Å². The molecule has 4 rings (SSSR count). The van der Waals surface area contributed by atoms with Crippen molar-refractivity contribution in [1.29, 1.82) is 0 Å². The van der Waals surface area contributed by atoms with Gasteiger partial charge in [-0.2, -0.15) is 0 Å². The second-order valence-corrected chi connectivity index (χ2v) is 11.5. The number of rotatable bonds is 8. The first-order valence-corrected chi connectivity index (χ1v) is 13.5. The Hall–Kier alpha value is -1.88. The van der Waals surface area contributed by atoms with Crippen LogP contribution < -0.4 is 0 Å². The van der Waals surface area contributed by atoms with Crippen molar-refractivity contribution in [2.45, 2.75) is 16.6 Å². The van der Waals surface area contributed by atoms with Crippen LogP contribution in [0, 0.1) is 0 Å². The molecule has 6 nitrogen and oxygen atoms in total. The van der Waals surface area contributed by atoms with E-state index < -0.39 is 9.84 Å². The smallest absolute Gasteiger partial charge is 0.200 e. The topological polar surface area (TPSA) is 78.0 Å². The molecule has 0 bridgehead atoms. The highest BCUT2D eigenvalue weighted by Gasteiger charge is 2.19. The molecule has 0 amide bonds. The molecule has 0 atom stereocenters. The molecule has 0 aliphatic heterocycles. The van der Waals surface area contributed by atoms with Crippen LogP contribution >= 0.6 is 43.6 Å². The summed E-state index contributed by atoms with van der Waals surface area (Å²) in [6.07, 6.45) is 0. The molecule has 0 aliphatic carbocycles. The summed E-state index contributed by atoms with van der Waals surface area (Å²) < 4.78 is 34.4. The maximum Gasteiger partial charge on any atom is 0.200 e. The fraction of sp³-hybridized carbons (Fsp3) is 0.143. The Morgan fingerprint density at radius 2 is 1.68 bits per heavy atom. The summed E-state index contributed by atoms with van der Waals surface area (Å²) in [4.78, 5) is 0.308. The summed E-state index contributed by atoms with van der Waals surface area (Å²) in [5.41, 5.74) is 1.08. The first kappa shape index (κ1) is 22.3. The minimum atomic E-state index is -3.38. The summed E-state index contributed by atoms with van der Waals surface area (Å²) in [5, 5.41) is 9.24. The van der Waals surface area contributed by atoms with Gasteiger partial charge in [-0.15, -0.1) is 10.2 Å². The molecule has 4 aromatic rings. The Kier molecular flexibility index (Phi) is 7.00. The number of hydrogen-bond acceptors (Lipinski definition) is 6. The van der Waals surface area contributed by atoms with E-state index in [0.29, 0.717) is 38.6 Å². The minimum Gasteiger partial charge on any atom is -0.446 e. The van der Waals surface area contributed by atoms with Crippen molar-refractivity contribution in [2.75, 3.05) is 11.5 Å². The third kappa shape index (κ3) is 5.49. The van der Waals surface area contributed by atoms with E-state index in [1.165, 1.54) is 11.8 Å². The Balaban J connectivity index is 1.55. The Labute approximate surface area is 201 Å². The molecule has 2 heterocycles. The zero-order chi connectivity index (χ0) is 21.8. The third-order valence-electron chi connectivity index (χ3n) is 4.45. The molecule has 0 saturated heterocycles. The van der Waals surface area contributed by atoms with Gasteiger partial charge in [-0.05, 0) is 57.9 Å². The van der Waals surface area contributed by atoms with Crippen molar-refractivity contribution in [3.63, 3.8) is 0 Å². The summed E-state index contributed by atoms with van der Waals surface area (Å²) in [6, 6.07) is 20.2. The van der Waals surface area contributed by atoms with Crippen molar-refractivity contribution < 1.29 is 12.8 Å². The number of nitrogens with zero attached hydrogens (tertiary/aromatic N) is 3. The number of furan rings is 1. The molecule has 2 aromatic carbocycles. The molecule has 31 heavy (non-hydrogen) atoms. The second-order valence-electron chi connectivity index (χ2n) is 6.60. The van der Waals surface area contributed by atoms with Crippen molar-refractivity contribution in [3.8, 4) is 11.6 Å². The van der Waals surface area contributed by atoms with Gasteiger partial charge in [0.2, 0.25) is 5.82 Å². The lowest BCUT2D eigenvalue weighted by atomic mass is 10.2. The summed E-state index contributed by atoms with van der Waals surface area (Å²) in [7, 11) is -3.38. The maximum absolute atomic E-state index is 12.6. The molecule has 0 radical (unpaired) electrons. The van der Waals surface area contributed by atoms with E-state index in [-0.39, 0.29) is 5.75 Å². The Morgan fingerprint density at radius 3 is 2.35 bits per heavy atom. The van der Waals surface area contributed by atoms with E-state index in [9.17, 15) is 8.42 Å². The SMILES string of the molecule is O=S(=O)(CCSc1nnc(-c2ccc(Br)o2)n1Cc1ccccc1)c1ccc(Br)cc1. The molecular formula is C21H17Br2N3O3S2. The average Bonchev–Trinajstić information content (AvgIpc) is 3.35. The molecule has 2 aromatic heterocycles. The first-order valence-electron chi connectivity index (χ1n) is 9.26. The van der Waals surface area contributed by atoms with Crippen molar-refractivity contribution in [1.82, 2.24) is 14.8 Å². The lowest BCUT2D eigenvalue weighted by molar-refractivity contribution is 0.545. The van der Waals surface area contributed by atoms with Gasteiger partial charge in [0.15, 0.2) is 25.4 Å². The van der Waals surface area contributed by atoms with Crippen LogP contribution in [0.15, 0.2) is 90.3 Å². The van der Waals surface area contributed by atoms with Crippen LogP contribution in [0.5, 0.6) is 0 Å². The molecule has 0 spiro atoms. The van der Waals surface area contributed by atoms with Crippen molar-refractivity contribution >= 4 is 53.5 Å². The molecule has 0 N–H and O–H groups in total. The van der Waals surface area contributed by atoms with Crippen LogP contribution in [0.4, 0.5) is 0 Å². The van der Waals surface area contributed by atoms with Crippen LogP contribution in [0.2, 0.25) is 0 Å². The van der Waals surface area contributed by atoms with E-state index in [4.69, 9.17) is 4.42 Å². The van der Waals surface area contributed by atoms with Gasteiger partial charge < -0.3 is 4.42 Å². The van der Waals surface area contributed by atoms with Crippen molar-refractivity contribution in [2.24, 2.45) is 0 Å². The number of thioether (sulfide) groups is 1. The normalized spacial score (nSPS) is 11.7. The number of hydrogen-bond donors (Lipinski definition) is 0. The zero-order valence-electron chi connectivity index (χ0n) is 16.1. The second kappa shape index (κ2) is 9.72. The van der Waals surface area contributed by atoms with E-state index in [2.05, 4.69) is 42.1 Å². The standard InChI is InChI=1S/C21H17Br2N3O3S2/c22-16-6-8-17(9-7-16)31(27,28)13-12-30-21-25-24-20(18-10-11-19(23)29-18)26(21)14-15-4-2-1-3-5-15/h1-11H,12-14H2. The summed E-state index contributed by atoms with van der Waals surface area (Å²) >= 11 is 8.01. The lowest BCUT2D eigenvalue weighted by Crippen LogP contribution is -2.10. The predicted octanol–water partition coefficient (Wildman–Crippen LogP) is 5.68. The van der Waals surface area contributed by atoms with Gasteiger partial charge in [-0.25, -0.2) is 8.42 Å². The predicted molar refractivity (Wildman–Crippen MR) is 128 cm³/mol. The molecular weight excluding hydrogens is 566 g/mol. The van der Waals surface area contributed by atoms with Crippen LogP contribution in [0.25, 0.3) is 11.6 Å². The molecule has 0 aliphatic rings. The van der Waals surface area contributed by atoms with E-state index in [0.717, 1.165) is 10.0 Å². The van der Waals surface area contributed by atoms with E-state index in [1.54, 1.807) is 30.3 Å². The Bertz CT molecular complexity index is 1270. The Morgan fingerprint density at radius 1 is 0.935 bits per heavy atom. The monoisotopic (exact) mass is 581 g/mol. The minimum absolute atomic E-state index is 0.000864. The van der Waals surface area contributed by atoms with Gasteiger partial charge >= 0.3 is 0 Å². The highest BCUT2D eigenvalue weighted by molar-refractivity contribution is 9.10. The van der Waals surface area contributed by atoms with Gasteiger partial charge in [0, 0.05) is 10.2 Å². The number of sulfone groups is 1. The molecule has 10 heteroatoms. The van der Waals surface area contributed by atoms with Crippen molar-refractivity contribution in [3.05, 3.63) is 81.4 Å². The van der Waals surface area contributed by atoms with Gasteiger partial charge in [0.25, 0.3) is 0 Å². The summed E-state index contributed by atoms with van der Waals surface area (Å²) in [6.45, 7) is 0.545. The molecule has 0 saturated carbocycles. The number of halogens is 2. The van der Waals surface area contributed by atoms with Crippen LogP contribution in [-0.2, 0) is 16.4 Å². The van der Waals surface area contributed by atoms with Gasteiger partial charge in [-0.3, -0.25) is 4.57 Å². The van der Waals surface area contributed by atoms with Crippen LogP contribution in [0.3, 0.4) is 0 Å². The van der Waals surface area contributed by atoms with E-state index >= 15 is 0 Å². The molecule has 0 unspecified atom stereocenters. The highest BCUT2D eigenvalue weighted by Crippen LogP contribution is 2.28. The third-order valence-corrected chi connectivity index (χ3v) is 8.36. The quantitative estimate of drug-likeness (QED) is 0.249. The van der Waals surface area contributed by atoms with Crippen LogP contribution in [0.1, 0.15) is 5.56 Å². The largest absolute Gasteiger partial charge is 0.446 e. The maximum atomic E-state index is 12.6. The average molecular weight is 583 g/mol. The zero-order valence-corrected chi connectivity index (χ0v) is 20.9. The highest BCUT2D eigenvalue weighted by atomic mass is 79.9. The number of aromatic nitrogens is 3. The van der Waals surface area contributed by atoms with Gasteiger partial charge in [-0.1, -0.05) is 58.0 Å². The first-order chi connectivity index (χ1) is 14.9. The summed E-state index contributed by atoms with van der Waals surface area (Å²) in [5.74, 6) is 1.53. The van der Waals surface area contributed by atoms with Crippen LogP contribution in [-0.4, -0.2) is 34.7 Å². The molecule has 0 fully saturated rings. The molecule has 160 valence electrons. The number of benzene rings is 2. The van der Waals surface area contributed by atoms with Gasteiger partial charge in [0.05, 0.1) is 17.2 Å². The lowest BCUT2D eigenvalue weighted by Gasteiger charge is -2.09. The van der Waals surface area contributed by atoms with Gasteiger partial charge in [0.1, 0.15) is 0 Å². The fourth-order valence-corrected chi connectivity index (χ4v) is 6.08.